The lowest BCUT2D eigenvalue weighted by Crippen LogP contribution is -2.27. The zero-order chi connectivity index (χ0) is 19.2. The molecule has 0 spiro atoms. The molecule has 27 heavy (non-hydrogen) atoms. The summed E-state index contributed by atoms with van der Waals surface area (Å²) in [6, 6.07) is 6.76. The number of thioether (sulfide) groups is 1. The number of aromatic nitrogens is 2. The van der Waals surface area contributed by atoms with Crippen LogP contribution in [0, 0.1) is 6.92 Å². The smallest absolute Gasteiger partial charge is 0.319 e. The molecule has 0 saturated carbocycles. The van der Waals surface area contributed by atoms with Crippen molar-refractivity contribution in [3.8, 4) is 11.1 Å². The van der Waals surface area contributed by atoms with Crippen LogP contribution >= 0.6 is 23.1 Å². The van der Waals surface area contributed by atoms with E-state index in [1.165, 1.54) is 52.5 Å². The summed E-state index contributed by atoms with van der Waals surface area (Å²) in [5.74, 6) is -0.846. The number of rotatable bonds is 4. The monoisotopic (exact) mass is 398 g/mol. The Morgan fingerprint density at radius 2 is 1.93 bits per heavy atom. The lowest BCUT2D eigenvalue weighted by molar-refractivity contribution is -0.138. The molecule has 1 N–H and O–H groups in total. The number of benzene rings is 1. The van der Waals surface area contributed by atoms with Crippen LogP contribution in [0.5, 0.6) is 0 Å². The second-order valence-corrected chi connectivity index (χ2v) is 10.3. The number of carboxylic acids is 1. The third-order valence-electron chi connectivity index (χ3n) is 5.13. The molecule has 0 fully saturated rings. The topological polar surface area (TPSA) is 63.1 Å². The molecule has 0 saturated heterocycles. The molecule has 4 rings (SSSR count). The van der Waals surface area contributed by atoms with E-state index in [9.17, 15) is 9.90 Å². The lowest BCUT2D eigenvalue weighted by atomic mass is 9.89. The highest BCUT2D eigenvalue weighted by Gasteiger charge is 2.31. The van der Waals surface area contributed by atoms with E-state index in [1.54, 1.807) is 25.2 Å². The molecule has 4 nitrogen and oxygen atoms in total. The van der Waals surface area contributed by atoms with Crippen molar-refractivity contribution in [3.05, 3.63) is 40.5 Å². The molecule has 1 aliphatic carbocycles. The average molecular weight is 399 g/mol. The Hall–Kier alpha value is -1.92. The van der Waals surface area contributed by atoms with Gasteiger partial charge in [0.25, 0.3) is 0 Å². The molecule has 1 aliphatic rings. The number of aryl methyl sites for hydroxylation is 3. The predicted octanol–water partition coefficient (Wildman–Crippen LogP) is 5.50. The minimum absolute atomic E-state index is 0.740. The number of aliphatic carboxylic acids is 1. The highest BCUT2D eigenvalue weighted by atomic mass is 32.2. The van der Waals surface area contributed by atoms with Gasteiger partial charge in [-0.25, -0.2) is 9.97 Å². The van der Waals surface area contributed by atoms with Gasteiger partial charge in [0.1, 0.15) is 20.9 Å². The second kappa shape index (κ2) is 6.91. The van der Waals surface area contributed by atoms with E-state index in [4.69, 9.17) is 0 Å². The van der Waals surface area contributed by atoms with Crippen molar-refractivity contribution in [2.24, 2.45) is 0 Å². The standard InChI is InChI=1S/C21H22N2O2S2/c1-12-16(15-9-8-13-6-4-5-7-14(13)10-15)17-18(26-12)22-11-23-19(17)27-21(2,3)20(24)25/h8-11H,4-7H2,1-3H3,(H,24,25). The Labute approximate surface area is 167 Å². The van der Waals surface area contributed by atoms with Crippen molar-refractivity contribution in [2.45, 2.75) is 56.2 Å². The van der Waals surface area contributed by atoms with E-state index in [1.807, 2.05) is 0 Å². The Balaban J connectivity index is 1.88. The van der Waals surface area contributed by atoms with Crippen molar-refractivity contribution in [2.75, 3.05) is 0 Å². The molecule has 0 atom stereocenters. The summed E-state index contributed by atoms with van der Waals surface area (Å²) in [6.07, 6.45) is 6.35. The van der Waals surface area contributed by atoms with Crippen LogP contribution in [-0.2, 0) is 17.6 Å². The molecule has 0 bridgehead atoms. The number of hydrogen-bond donors (Lipinski definition) is 1. The van der Waals surface area contributed by atoms with Crippen molar-refractivity contribution < 1.29 is 9.90 Å². The van der Waals surface area contributed by atoms with Crippen LogP contribution in [0.3, 0.4) is 0 Å². The van der Waals surface area contributed by atoms with Crippen LogP contribution in [0.1, 0.15) is 42.7 Å². The first-order valence-electron chi connectivity index (χ1n) is 9.15. The third-order valence-corrected chi connectivity index (χ3v) is 7.33. The molecular formula is C21H22N2O2S2. The number of thiophene rings is 1. The second-order valence-electron chi connectivity index (χ2n) is 7.50. The quantitative estimate of drug-likeness (QED) is 0.464. The maximum Gasteiger partial charge on any atom is 0.319 e. The van der Waals surface area contributed by atoms with Gasteiger partial charge < -0.3 is 5.11 Å². The van der Waals surface area contributed by atoms with Crippen LogP contribution in [0.25, 0.3) is 21.3 Å². The van der Waals surface area contributed by atoms with E-state index >= 15 is 0 Å². The molecule has 0 amide bonds. The predicted molar refractivity (Wildman–Crippen MR) is 112 cm³/mol. The van der Waals surface area contributed by atoms with Crippen LogP contribution in [0.4, 0.5) is 0 Å². The number of nitrogens with zero attached hydrogens (tertiary/aromatic N) is 2. The van der Waals surface area contributed by atoms with Crippen LogP contribution in [0.15, 0.2) is 29.6 Å². The van der Waals surface area contributed by atoms with Crippen LogP contribution < -0.4 is 0 Å². The first kappa shape index (κ1) is 18.4. The number of fused-ring (bicyclic) bond motifs is 2. The van der Waals surface area contributed by atoms with Gasteiger partial charge in [0.05, 0.1) is 5.39 Å². The van der Waals surface area contributed by atoms with Crippen molar-refractivity contribution in [3.63, 3.8) is 0 Å². The third kappa shape index (κ3) is 3.36. The molecule has 1 aromatic carbocycles. The van der Waals surface area contributed by atoms with Gasteiger partial charge in [0.15, 0.2) is 0 Å². The fourth-order valence-electron chi connectivity index (χ4n) is 3.62. The summed E-state index contributed by atoms with van der Waals surface area (Å²) in [5, 5.41) is 11.3. The zero-order valence-corrected chi connectivity index (χ0v) is 17.3. The van der Waals surface area contributed by atoms with Gasteiger partial charge in [0.2, 0.25) is 0 Å². The summed E-state index contributed by atoms with van der Waals surface area (Å²) in [7, 11) is 0. The van der Waals surface area contributed by atoms with E-state index in [2.05, 4.69) is 35.1 Å². The lowest BCUT2D eigenvalue weighted by Gasteiger charge is -2.19. The van der Waals surface area contributed by atoms with Gasteiger partial charge in [-0.3, -0.25) is 4.79 Å². The fourth-order valence-corrected chi connectivity index (χ4v) is 5.67. The Kier molecular flexibility index (Phi) is 4.72. The summed E-state index contributed by atoms with van der Waals surface area (Å²) in [6.45, 7) is 5.54. The molecule has 0 unspecified atom stereocenters. The van der Waals surface area contributed by atoms with Gasteiger partial charge in [0, 0.05) is 10.4 Å². The van der Waals surface area contributed by atoms with Crippen molar-refractivity contribution in [1.29, 1.82) is 0 Å². The molecule has 0 radical (unpaired) electrons. The van der Waals surface area contributed by atoms with Gasteiger partial charge in [-0.05, 0) is 63.1 Å². The largest absolute Gasteiger partial charge is 0.480 e. The minimum Gasteiger partial charge on any atom is -0.480 e. The number of carboxylic acid groups (broad SMARTS) is 1. The van der Waals surface area contributed by atoms with Gasteiger partial charge in [-0.2, -0.15) is 0 Å². The summed E-state index contributed by atoms with van der Waals surface area (Å²) >= 11 is 2.94. The molecule has 6 heteroatoms. The fraction of sp³-hybridized carbons (Fsp3) is 0.381. The summed E-state index contributed by atoms with van der Waals surface area (Å²) < 4.78 is -0.954. The summed E-state index contributed by atoms with van der Waals surface area (Å²) in [5.41, 5.74) is 5.23. The highest BCUT2D eigenvalue weighted by Crippen LogP contribution is 2.44. The molecule has 2 heterocycles. The van der Waals surface area contributed by atoms with Gasteiger partial charge in [-0.15, -0.1) is 11.3 Å². The molecule has 0 aliphatic heterocycles. The molecule has 2 aromatic heterocycles. The highest BCUT2D eigenvalue weighted by molar-refractivity contribution is 8.01. The maximum absolute atomic E-state index is 11.6. The van der Waals surface area contributed by atoms with E-state index in [0.29, 0.717) is 0 Å². The molecule has 140 valence electrons. The maximum atomic E-state index is 11.6. The van der Waals surface area contributed by atoms with E-state index in [-0.39, 0.29) is 0 Å². The van der Waals surface area contributed by atoms with Crippen LogP contribution in [-0.4, -0.2) is 25.8 Å². The zero-order valence-electron chi connectivity index (χ0n) is 15.7. The normalized spacial score (nSPS) is 14.3. The Bertz CT molecular complexity index is 1040. The molecular weight excluding hydrogens is 376 g/mol. The minimum atomic E-state index is -0.954. The average Bonchev–Trinajstić information content (AvgIpc) is 2.98. The van der Waals surface area contributed by atoms with Crippen molar-refractivity contribution in [1.82, 2.24) is 9.97 Å². The number of carbonyl (C=O) groups is 1. The van der Waals surface area contributed by atoms with E-state index in [0.717, 1.165) is 33.6 Å². The van der Waals surface area contributed by atoms with Crippen LogP contribution in [0.2, 0.25) is 0 Å². The van der Waals surface area contributed by atoms with Gasteiger partial charge in [-0.1, -0.05) is 30.0 Å². The summed E-state index contributed by atoms with van der Waals surface area (Å²) in [4.78, 5) is 22.6. The SMILES string of the molecule is Cc1sc2ncnc(SC(C)(C)C(=O)O)c2c1-c1ccc2c(c1)CCCC2. The molecule has 3 aromatic rings. The Morgan fingerprint density at radius 3 is 2.67 bits per heavy atom. The van der Waals surface area contributed by atoms with Gasteiger partial charge >= 0.3 is 5.97 Å². The first-order chi connectivity index (χ1) is 12.9. The van der Waals surface area contributed by atoms with Crippen molar-refractivity contribution >= 4 is 39.3 Å². The van der Waals surface area contributed by atoms with E-state index < -0.39 is 10.7 Å². The number of hydrogen-bond acceptors (Lipinski definition) is 5. The first-order valence-corrected chi connectivity index (χ1v) is 10.8. The Morgan fingerprint density at radius 1 is 1.19 bits per heavy atom.